The largest absolute Gasteiger partial charge is 0.508 e. The Bertz CT molecular complexity index is 644. The second-order valence-electron chi connectivity index (χ2n) is 5.42. The van der Waals surface area contributed by atoms with E-state index in [4.69, 9.17) is 0 Å². The van der Waals surface area contributed by atoms with Gasteiger partial charge >= 0.3 is 5.97 Å². The molecule has 0 saturated carbocycles. The van der Waals surface area contributed by atoms with Crippen molar-refractivity contribution in [3.05, 3.63) is 29.8 Å². The number of carbonyl (C=O) groups is 4. The van der Waals surface area contributed by atoms with Gasteiger partial charge in [-0.3, -0.25) is 19.2 Å². The van der Waals surface area contributed by atoms with Crippen molar-refractivity contribution < 1.29 is 29.0 Å². The van der Waals surface area contributed by atoms with E-state index >= 15 is 0 Å². The molecule has 0 bridgehead atoms. The Hall–Kier alpha value is -3.10. The summed E-state index contributed by atoms with van der Waals surface area (Å²) in [4.78, 5) is 46.4. The fraction of sp³-hybridized carbons (Fsp3) is 0.412. The summed E-state index contributed by atoms with van der Waals surface area (Å²) >= 11 is 0. The van der Waals surface area contributed by atoms with Crippen LogP contribution in [0, 0.1) is 0 Å². The van der Waals surface area contributed by atoms with Crippen molar-refractivity contribution in [2.45, 2.75) is 26.3 Å². The molecule has 1 atom stereocenters. The Labute approximate surface area is 151 Å². The molecule has 0 aliphatic heterocycles. The lowest BCUT2D eigenvalue weighted by atomic mass is 10.0. The van der Waals surface area contributed by atoms with Crippen molar-refractivity contribution in [2.75, 3.05) is 19.7 Å². The molecular weight excluding hydrogens is 342 g/mol. The summed E-state index contributed by atoms with van der Waals surface area (Å²) in [6, 6.07) is 5.32. The quantitative estimate of drug-likeness (QED) is 0.425. The molecule has 0 aliphatic carbocycles. The van der Waals surface area contributed by atoms with Gasteiger partial charge in [0.05, 0.1) is 13.2 Å². The Balaban J connectivity index is 2.54. The van der Waals surface area contributed by atoms with Gasteiger partial charge in [0.2, 0.25) is 17.7 Å². The Morgan fingerprint density at radius 1 is 1.08 bits per heavy atom. The van der Waals surface area contributed by atoms with Crippen LogP contribution in [0.4, 0.5) is 0 Å². The number of benzene rings is 1. The van der Waals surface area contributed by atoms with Crippen LogP contribution in [-0.2, 0) is 30.3 Å². The van der Waals surface area contributed by atoms with Crippen LogP contribution in [0.2, 0.25) is 0 Å². The number of phenolic OH excluding ortho intramolecular Hbond substituents is 1. The van der Waals surface area contributed by atoms with Crippen LogP contribution >= 0.6 is 0 Å². The van der Waals surface area contributed by atoms with E-state index in [1.165, 1.54) is 19.1 Å². The van der Waals surface area contributed by atoms with Crippen molar-refractivity contribution in [3.8, 4) is 5.75 Å². The maximum absolute atomic E-state index is 12.2. The molecule has 0 aliphatic rings. The van der Waals surface area contributed by atoms with Gasteiger partial charge in [0.25, 0.3) is 0 Å². The number of rotatable bonds is 9. The first kappa shape index (κ1) is 20.9. The fourth-order valence-electron chi connectivity index (χ4n) is 2.06. The lowest BCUT2D eigenvalue weighted by Gasteiger charge is -2.17. The van der Waals surface area contributed by atoms with Crippen LogP contribution < -0.4 is 16.0 Å². The molecule has 0 unspecified atom stereocenters. The topological polar surface area (TPSA) is 134 Å². The van der Waals surface area contributed by atoms with Gasteiger partial charge in [-0.05, 0) is 24.6 Å². The summed E-state index contributed by atoms with van der Waals surface area (Å²) in [5.74, 6) is -1.98. The minimum atomic E-state index is -0.880. The van der Waals surface area contributed by atoms with Gasteiger partial charge in [0, 0.05) is 13.3 Å². The van der Waals surface area contributed by atoms with Crippen molar-refractivity contribution >= 4 is 23.7 Å². The molecule has 1 aromatic rings. The monoisotopic (exact) mass is 365 g/mol. The standard InChI is InChI=1S/C17H23N3O6/c1-3-26-16(24)10-18-15(23)9-19-17(25)14(20-11(2)21)8-12-4-6-13(22)7-5-12/h4-7,14,22H,3,8-10H2,1-2H3,(H,18,23)(H,19,25)(H,20,21)/t14-/m0/s1. The Kier molecular flexibility index (Phi) is 8.62. The average Bonchev–Trinajstić information content (AvgIpc) is 2.59. The first-order valence-electron chi connectivity index (χ1n) is 8.06. The molecule has 1 rings (SSSR count). The normalized spacial score (nSPS) is 11.2. The highest BCUT2D eigenvalue weighted by Gasteiger charge is 2.20. The minimum absolute atomic E-state index is 0.0903. The zero-order valence-electron chi connectivity index (χ0n) is 14.7. The van der Waals surface area contributed by atoms with Gasteiger partial charge in [0.15, 0.2) is 0 Å². The Morgan fingerprint density at radius 3 is 2.31 bits per heavy atom. The van der Waals surface area contributed by atoms with Crippen LogP contribution in [0.3, 0.4) is 0 Å². The van der Waals surface area contributed by atoms with Gasteiger partial charge in [-0.25, -0.2) is 0 Å². The third-order valence-electron chi connectivity index (χ3n) is 3.23. The fourth-order valence-corrected chi connectivity index (χ4v) is 2.06. The molecule has 0 heterocycles. The SMILES string of the molecule is CCOC(=O)CNC(=O)CNC(=O)[C@H](Cc1ccc(O)cc1)NC(C)=O. The molecule has 1 aromatic carbocycles. The lowest BCUT2D eigenvalue weighted by molar-refractivity contribution is -0.143. The highest BCUT2D eigenvalue weighted by molar-refractivity contribution is 5.91. The van der Waals surface area contributed by atoms with E-state index in [0.29, 0.717) is 0 Å². The first-order chi connectivity index (χ1) is 12.3. The third-order valence-corrected chi connectivity index (χ3v) is 3.23. The maximum atomic E-state index is 12.2. The molecular formula is C17H23N3O6. The number of nitrogens with one attached hydrogen (secondary N) is 3. The number of esters is 1. The van der Waals surface area contributed by atoms with Gasteiger partial charge in [-0.1, -0.05) is 12.1 Å². The molecule has 0 aromatic heterocycles. The number of aromatic hydroxyl groups is 1. The van der Waals surface area contributed by atoms with Crippen LogP contribution in [0.25, 0.3) is 0 Å². The number of ether oxygens (including phenoxy) is 1. The van der Waals surface area contributed by atoms with Crippen LogP contribution in [0.5, 0.6) is 5.75 Å². The lowest BCUT2D eigenvalue weighted by Crippen LogP contribution is -2.49. The molecule has 3 amide bonds. The number of hydrogen-bond acceptors (Lipinski definition) is 6. The smallest absolute Gasteiger partial charge is 0.325 e. The molecule has 9 nitrogen and oxygen atoms in total. The summed E-state index contributed by atoms with van der Waals surface area (Å²) in [6.07, 6.45) is 0.191. The summed E-state index contributed by atoms with van der Waals surface area (Å²) in [6.45, 7) is 2.51. The second-order valence-corrected chi connectivity index (χ2v) is 5.42. The third kappa shape index (κ3) is 8.13. The van der Waals surface area contributed by atoms with E-state index in [1.54, 1.807) is 19.1 Å². The number of hydrogen-bond donors (Lipinski definition) is 4. The molecule has 0 saturated heterocycles. The van der Waals surface area contributed by atoms with Gasteiger partial charge < -0.3 is 25.8 Å². The number of phenols is 1. The van der Waals surface area contributed by atoms with E-state index < -0.39 is 29.7 Å². The van der Waals surface area contributed by atoms with Crippen molar-refractivity contribution in [3.63, 3.8) is 0 Å². The molecule has 4 N–H and O–H groups in total. The van der Waals surface area contributed by atoms with Gasteiger partial charge in [-0.2, -0.15) is 0 Å². The Morgan fingerprint density at radius 2 is 1.73 bits per heavy atom. The molecule has 0 radical (unpaired) electrons. The van der Waals surface area contributed by atoms with Gasteiger partial charge in [0.1, 0.15) is 18.3 Å². The van der Waals surface area contributed by atoms with Gasteiger partial charge in [-0.15, -0.1) is 0 Å². The molecule has 0 fully saturated rings. The van der Waals surface area contributed by atoms with Crippen molar-refractivity contribution in [1.82, 2.24) is 16.0 Å². The van der Waals surface area contributed by atoms with Crippen LogP contribution in [-0.4, -0.2) is 54.5 Å². The van der Waals surface area contributed by atoms with Crippen molar-refractivity contribution in [2.24, 2.45) is 0 Å². The van der Waals surface area contributed by atoms with Crippen molar-refractivity contribution in [1.29, 1.82) is 0 Å². The summed E-state index contributed by atoms with van der Waals surface area (Å²) in [5.41, 5.74) is 0.725. The summed E-state index contributed by atoms with van der Waals surface area (Å²) < 4.78 is 4.67. The predicted octanol–water partition coefficient (Wildman–Crippen LogP) is -0.765. The highest BCUT2D eigenvalue weighted by atomic mass is 16.5. The van der Waals surface area contributed by atoms with E-state index in [9.17, 15) is 24.3 Å². The predicted molar refractivity (Wildman–Crippen MR) is 92.1 cm³/mol. The van der Waals surface area contributed by atoms with Crippen LogP contribution in [0.1, 0.15) is 19.4 Å². The van der Waals surface area contributed by atoms with E-state index in [-0.39, 0.29) is 31.9 Å². The van der Waals surface area contributed by atoms with E-state index in [1.807, 2.05) is 0 Å². The minimum Gasteiger partial charge on any atom is -0.508 e. The van der Waals surface area contributed by atoms with Crippen LogP contribution in [0.15, 0.2) is 24.3 Å². The maximum Gasteiger partial charge on any atom is 0.325 e. The summed E-state index contributed by atoms with van der Waals surface area (Å²) in [7, 11) is 0. The zero-order valence-corrected chi connectivity index (χ0v) is 14.7. The average molecular weight is 365 g/mol. The van der Waals surface area contributed by atoms with E-state index in [2.05, 4.69) is 20.7 Å². The number of carbonyl (C=O) groups excluding carboxylic acids is 4. The highest BCUT2D eigenvalue weighted by Crippen LogP contribution is 2.11. The first-order valence-corrected chi connectivity index (χ1v) is 8.06. The second kappa shape index (κ2) is 10.7. The number of amides is 3. The summed E-state index contributed by atoms with van der Waals surface area (Å²) in [5, 5.41) is 16.5. The molecule has 0 spiro atoms. The molecule has 142 valence electrons. The molecule has 26 heavy (non-hydrogen) atoms. The van der Waals surface area contributed by atoms with E-state index in [0.717, 1.165) is 5.56 Å². The molecule has 9 heteroatoms. The zero-order chi connectivity index (χ0) is 19.5.